The normalized spacial score (nSPS) is 11.5. The van der Waals surface area contributed by atoms with Crippen molar-refractivity contribution in [2.24, 2.45) is 0 Å². The van der Waals surface area contributed by atoms with E-state index in [2.05, 4.69) is 15.7 Å². The van der Waals surface area contributed by atoms with Gasteiger partial charge in [0, 0.05) is 31.6 Å². The van der Waals surface area contributed by atoms with E-state index in [1.54, 1.807) is 24.3 Å². The minimum absolute atomic E-state index is 0.0216. The predicted octanol–water partition coefficient (Wildman–Crippen LogP) is 4.91. The number of nitrogens with one attached hydrogen (secondary N) is 2. The summed E-state index contributed by atoms with van der Waals surface area (Å²) in [5.74, 6) is -1.49. The van der Waals surface area contributed by atoms with E-state index in [0.717, 1.165) is 10.6 Å². The molecule has 4 aromatic rings. The van der Waals surface area contributed by atoms with Crippen LogP contribution in [0.4, 0.5) is 19.4 Å². The second-order valence-electron chi connectivity index (χ2n) is 9.29. The average molecular weight is 612 g/mol. The maximum Gasteiger partial charge on any atom is 0.407 e. The van der Waals surface area contributed by atoms with Crippen molar-refractivity contribution in [1.82, 2.24) is 20.7 Å². The number of aromatic nitrogens is 1. The molecule has 1 aromatic heterocycles. The van der Waals surface area contributed by atoms with Gasteiger partial charge in [-0.05, 0) is 46.8 Å². The standard InChI is InChI=1S/C30H28ClF2N5O5/c1-20(40)38(36-15-23-8-5-9-27(33)29(23)31)26(16-35-30(41)42-17-21-6-3-2-4-7-21)18-43-37(19-39)28-13-24-12-25(32)11-10-22(24)14-34-28/h2-14,19,26,36H,15-18H2,1H3,(H,35,41)/t26-/m0/s1. The largest absolute Gasteiger partial charge is 0.445 e. The monoisotopic (exact) mass is 611 g/mol. The molecule has 0 aliphatic carbocycles. The Hall–Kier alpha value is -4.65. The summed E-state index contributed by atoms with van der Waals surface area (Å²) in [7, 11) is 0. The van der Waals surface area contributed by atoms with Gasteiger partial charge >= 0.3 is 6.09 Å². The molecular weight excluding hydrogens is 584 g/mol. The summed E-state index contributed by atoms with van der Waals surface area (Å²) in [6.45, 7) is 0.774. The quantitative estimate of drug-likeness (QED) is 0.163. The number of rotatable bonds is 13. The fraction of sp³-hybridized carbons (Fsp3) is 0.200. The van der Waals surface area contributed by atoms with Crippen LogP contribution in [0.2, 0.25) is 5.02 Å². The number of nitrogens with zero attached hydrogens (tertiary/aromatic N) is 3. The topological polar surface area (TPSA) is 113 Å². The molecule has 3 aromatic carbocycles. The molecule has 0 radical (unpaired) electrons. The zero-order valence-electron chi connectivity index (χ0n) is 23.0. The Labute approximate surface area is 251 Å². The number of hydroxylamine groups is 1. The first-order chi connectivity index (χ1) is 20.7. The van der Waals surface area contributed by atoms with Crippen molar-refractivity contribution < 1.29 is 32.7 Å². The molecule has 0 saturated heterocycles. The van der Waals surface area contributed by atoms with Crippen LogP contribution in [-0.4, -0.2) is 47.6 Å². The number of anilines is 1. The highest BCUT2D eigenvalue weighted by Crippen LogP contribution is 2.21. The van der Waals surface area contributed by atoms with Crippen molar-refractivity contribution >= 4 is 46.6 Å². The number of hydrazine groups is 1. The highest BCUT2D eigenvalue weighted by Gasteiger charge is 2.25. The van der Waals surface area contributed by atoms with E-state index < -0.39 is 29.7 Å². The molecule has 1 heterocycles. The van der Waals surface area contributed by atoms with Crippen molar-refractivity contribution in [1.29, 1.82) is 0 Å². The van der Waals surface area contributed by atoms with E-state index in [-0.39, 0.29) is 37.1 Å². The molecule has 0 saturated carbocycles. The third-order valence-corrected chi connectivity index (χ3v) is 6.69. The number of carbonyl (C=O) groups excluding carboxylic acids is 3. The third-order valence-electron chi connectivity index (χ3n) is 6.27. The lowest BCUT2D eigenvalue weighted by atomic mass is 10.2. The lowest BCUT2D eigenvalue weighted by Crippen LogP contribution is -2.55. The number of benzene rings is 3. The Morgan fingerprint density at radius 2 is 1.84 bits per heavy atom. The maximum atomic E-state index is 14.0. The summed E-state index contributed by atoms with van der Waals surface area (Å²) in [6.07, 6.45) is 1.07. The van der Waals surface area contributed by atoms with E-state index in [9.17, 15) is 23.2 Å². The molecule has 224 valence electrons. The van der Waals surface area contributed by atoms with Gasteiger partial charge in [0.1, 0.15) is 18.2 Å². The molecule has 0 aliphatic heterocycles. The summed E-state index contributed by atoms with van der Waals surface area (Å²) in [6, 6.07) is 18.0. The van der Waals surface area contributed by atoms with Gasteiger partial charge in [-0.25, -0.2) is 24.0 Å². The maximum absolute atomic E-state index is 14.0. The lowest BCUT2D eigenvalue weighted by molar-refractivity contribution is -0.137. The van der Waals surface area contributed by atoms with Crippen molar-refractivity contribution in [3.8, 4) is 0 Å². The van der Waals surface area contributed by atoms with E-state index in [0.29, 0.717) is 22.7 Å². The second-order valence-corrected chi connectivity index (χ2v) is 9.67. The van der Waals surface area contributed by atoms with Crippen LogP contribution in [0.25, 0.3) is 10.8 Å². The fourth-order valence-electron chi connectivity index (χ4n) is 4.09. The number of halogens is 3. The summed E-state index contributed by atoms with van der Waals surface area (Å²) < 4.78 is 33.0. The van der Waals surface area contributed by atoms with Crippen LogP contribution in [0.15, 0.2) is 79.0 Å². The molecule has 10 nitrogen and oxygen atoms in total. The summed E-state index contributed by atoms with van der Waals surface area (Å²) in [5.41, 5.74) is 4.05. The molecular formula is C30H28ClF2N5O5. The van der Waals surface area contributed by atoms with Gasteiger partial charge in [0.05, 0.1) is 17.7 Å². The number of ether oxygens (including phenoxy) is 1. The number of alkyl carbamates (subject to hydrolysis) is 1. The van der Waals surface area contributed by atoms with Crippen LogP contribution in [-0.2, 0) is 32.3 Å². The van der Waals surface area contributed by atoms with Gasteiger partial charge in [0.2, 0.25) is 12.3 Å². The van der Waals surface area contributed by atoms with Crippen molar-refractivity contribution in [2.75, 3.05) is 18.2 Å². The Balaban J connectivity index is 1.49. The molecule has 2 N–H and O–H groups in total. The lowest BCUT2D eigenvalue weighted by Gasteiger charge is -2.32. The summed E-state index contributed by atoms with van der Waals surface area (Å²) >= 11 is 6.07. The second kappa shape index (κ2) is 15.0. The van der Waals surface area contributed by atoms with Crippen LogP contribution in [0.5, 0.6) is 0 Å². The first-order valence-electron chi connectivity index (χ1n) is 13.1. The number of hydrogen-bond acceptors (Lipinski definition) is 7. The van der Waals surface area contributed by atoms with Crippen LogP contribution < -0.4 is 15.8 Å². The molecule has 0 spiro atoms. The van der Waals surface area contributed by atoms with E-state index in [1.807, 2.05) is 18.2 Å². The molecule has 43 heavy (non-hydrogen) atoms. The van der Waals surface area contributed by atoms with Gasteiger partial charge in [-0.1, -0.05) is 54.1 Å². The van der Waals surface area contributed by atoms with Crippen LogP contribution in [0, 0.1) is 11.6 Å². The molecule has 4 rings (SSSR count). The van der Waals surface area contributed by atoms with Gasteiger partial charge in [0.25, 0.3) is 0 Å². The Bertz CT molecular complexity index is 1580. The van der Waals surface area contributed by atoms with Gasteiger partial charge in [0.15, 0.2) is 5.82 Å². The Morgan fingerprint density at radius 3 is 2.58 bits per heavy atom. The molecule has 0 bridgehead atoms. The van der Waals surface area contributed by atoms with Gasteiger partial charge in [-0.3, -0.25) is 19.4 Å². The number of carbonyl (C=O) groups is 3. The Morgan fingerprint density at radius 1 is 1.05 bits per heavy atom. The molecule has 3 amide bonds. The van der Waals surface area contributed by atoms with Gasteiger partial charge < -0.3 is 10.1 Å². The molecule has 0 aliphatic rings. The minimum Gasteiger partial charge on any atom is -0.445 e. The van der Waals surface area contributed by atoms with E-state index in [4.69, 9.17) is 21.2 Å². The Kier molecular flexibility index (Phi) is 10.9. The highest BCUT2D eigenvalue weighted by molar-refractivity contribution is 6.31. The number of fused-ring (bicyclic) bond motifs is 1. The zero-order chi connectivity index (χ0) is 30.8. The zero-order valence-corrected chi connectivity index (χ0v) is 23.8. The first-order valence-corrected chi connectivity index (χ1v) is 13.5. The number of amides is 3. The van der Waals surface area contributed by atoms with Crippen LogP contribution in [0.3, 0.4) is 0 Å². The first kappa shape index (κ1) is 31.3. The summed E-state index contributed by atoms with van der Waals surface area (Å²) in [4.78, 5) is 47.0. The predicted molar refractivity (Wildman–Crippen MR) is 155 cm³/mol. The van der Waals surface area contributed by atoms with E-state index in [1.165, 1.54) is 48.5 Å². The van der Waals surface area contributed by atoms with Gasteiger partial charge in [-0.2, -0.15) is 5.06 Å². The minimum atomic E-state index is -0.908. The average Bonchev–Trinajstić information content (AvgIpc) is 3.00. The molecule has 1 atom stereocenters. The van der Waals surface area contributed by atoms with Gasteiger partial charge in [-0.15, -0.1) is 0 Å². The number of pyridine rings is 1. The fourth-order valence-corrected chi connectivity index (χ4v) is 4.28. The highest BCUT2D eigenvalue weighted by atomic mass is 35.5. The smallest absolute Gasteiger partial charge is 0.407 e. The molecule has 0 unspecified atom stereocenters. The molecule has 0 fully saturated rings. The van der Waals surface area contributed by atoms with Crippen LogP contribution in [0.1, 0.15) is 18.1 Å². The van der Waals surface area contributed by atoms with E-state index >= 15 is 0 Å². The third kappa shape index (κ3) is 8.67. The summed E-state index contributed by atoms with van der Waals surface area (Å²) in [5, 5.41) is 5.61. The number of hydrogen-bond donors (Lipinski definition) is 2. The van der Waals surface area contributed by atoms with Crippen molar-refractivity contribution in [3.05, 3.63) is 107 Å². The SMILES string of the molecule is CC(=O)N(NCc1cccc(F)c1Cl)[C@@H](CNC(=O)OCc1ccccc1)CON(C=O)c1cc2cc(F)ccc2cn1. The van der Waals surface area contributed by atoms with Crippen molar-refractivity contribution in [2.45, 2.75) is 26.1 Å². The van der Waals surface area contributed by atoms with Crippen LogP contribution >= 0.6 is 11.6 Å². The van der Waals surface area contributed by atoms with Crippen molar-refractivity contribution in [3.63, 3.8) is 0 Å². The molecule has 13 heteroatoms.